The number of hydrogen-bond acceptors (Lipinski definition) is 4. The second-order valence-corrected chi connectivity index (χ2v) is 9.08. The van der Waals surface area contributed by atoms with Crippen molar-refractivity contribution in [3.63, 3.8) is 0 Å². The van der Waals surface area contributed by atoms with Gasteiger partial charge in [0, 0.05) is 37.3 Å². The number of thiophene rings is 1. The summed E-state index contributed by atoms with van der Waals surface area (Å²) >= 11 is 7.91. The summed E-state index contributed by atoms with van der Waals surface area (Å²) in [6.45, 7) is 1.86. The molecule has 5 rings (SSSR count). The van der Waals surface area contributed by atoms with Crippen molar-refractivity contribution in [3.05, 3.63) is 56.8 Å². The molecule has 0 atom stereocenters. The Balaban J connectivity index is 1.62. The molecule has 30 heavy (non-hydrogen) atoms. The molecule has 0 aliphatic carbocycles. The second-order valence-electron chi connectivity index (χ2n) is 7.65. The molecule has 4 aromatic rings. The van der Waals surface area contributed by atoms with E-state index in [1.54, 1.807) is 23.2 Å². The molecule has 0 unspecified atom stereocenters. The second kappa shape index (κ2) is 7.18. The molecule has 0 spiro atoms. The van der Waals surface area contributed by atoms with Crippen LogP contribution in [0.15, 0.2) is 41.2 Å². The van der Waals surface area contributed by atoms with Crippen molar-refractivity contribution in [2.75, 3.05) is 23.3 Å². The summed E-state index contributed by atoms with van der Waals surface area (Å²) in [6, 6.07) is 11.6. The van der Waals surface area contributed by atoms with Crippen LogP contribution in [0, 0.1) is 0 Å². The zero-order valence-electron chi connectivity index (χ0n) is 16.7. The van der Waals surface area contributed by atoms with E-state index in [2.05, 4.69) is 10.2 Å². The fourth-order valence-electron chi connectivity index (χ4n) is 4.19. The topological polar surface area (TPSA) is 59.3 Å². The Hall–Kier alpha value is -2.77. The van der Waals surface area contributed by atoms with Crippen LogP contribution in [0.2, 0.25) is 5.02 Å². The number of fused-ring (bicyclic) bond motifs is 2. The summed E-state index contributed by atoms with van der Waals surface area (Å²) in [5, 5.41) is 4.43. The van der Waals surface area contributed by atoms with E-state index in [9.17, 15) is 9.59 Å². The van der Waals surface area contributed by atoms with Crippen molar-refractivity contribution in [2.24, 2.45) is 14.1 Å². The summed E-state index contributed by atoms with van der Waals surface area (Å²) in [5.74, 6) is -0.234. The molecule has 1 N–H and O–H groups in total. The summed E-state index contributed by atoms with van der Waals surface area (Å²) in [5.41, 5.74) is 3.18. The maximum Gasteiger partial charge on any atom is 0.328 e. The van der Waals surface area contributed by atoms with Gasteiger partial charge >= 0.3 is 5.69 Å². The average molecular weight is 441 g/mol. The van der Waals surface area contributed by atoms with E-state index in [1.165, 1.54) is 11.3 Å². The van der Waals surface area contributed by atoms with Crippen molar-refractivity contribution >= 4 is 61.3 Å². The van der Waals surface area contributed by atoms with Crippen LogP contribution in [-0.4, -0.2) is 28.1 Å². The number of benzene rings is 2. The largest absolute Gasteiger partial charge is 0.370 e. The van der Waals surface area contributed by atoms with Gasteiger partial charge in [-0.25, -0.2) is 4.79 Å². The van der Waals surface area contributed by atoms with Crippen LogP contribution in [0.5, 0.6) is 0 Å². The number of nitrogens with zero attached hydrogens (tertiary/aromatic N) is 3. The van der Waals surface area contributed by atoms with Gasteiger partial charge < -0.3 is 10.2 Å². The third-order valence-electron chi connectivity index (χ3n) is 5.83. The van der Waals surface area contributed by atoms with E-state index >= 15 is 0 Å². The van der Waals surface area contributed by atoms with Gasteiger partial charge in [-0.05, 0) is 31.0 Å². The molecule has 2 aromatic carbocycles. The SMILES string of the molecule is Cn1c(=O)n(C)c2cc(N3CCCC3)c(NC(=O)c3sc4ccccc4c3Cl)cc21. The van der Waals surface area contributed by atoms with Gasteiger partial charge in [0.15, 0.2) is 0 Å². The number of aryl methyl sites for hydroxylation is 2. The number of carbonyl (C=O) groups is 1. The Kier molecular flexibility index (Phi) is 4.60. The zero-order chi connectivity index (χ0) is 21.0. The predicted octanol–water partition coefficient (Wildman–Crippen LogP) is 4.60. The first kappa shape index (κ1) is 19.2. The smallest absolute Gasteiger partial charge is 0.328 e. The zero-order valence-corrected chi connectivity index (χ0v) is 18.3. The highest BCUT2D eigenvalue weighted by atomic mass is 35.5. The summed E-state index contributed by atoms with van der Waals surface area (Å²) in [7, 11) is 3.52. The fourth-order valence-corrected chi connectivity index (χ4v) is 5.61. The van der Waals surface area contributed by atoms with E-state index in [-0.39, 0.29) is 11.6 Å². The normalized spacial score (nSPS) is 14.2. The lowest BCUT2D eigenvalue weighted by Crippen LogP contribution is -2.21. The van der Waals surface area contributed by atoms with Crippen molar-refractivity contribution in [1.82, 2.24) is 9.13 Å². The van der Waals surface area contributed by atoms with Crippen LogP contribution in [0.1, 0.15) is 22.5 Å². The number of rotatable bonds is 3. The van der Waals surface area contributed by atoms with Crippen LogP contribution in [0.4, 0.5) is 11.4 Å². The van der Waals surface area contributed by atoms with Crippen molar-refractivity contribution in [2.45, 2.75) is 12.8 Å². The molecular formula is C22H21ClN4O2S. The number of imidazole rings is 1. The van der Waals surface area contributed by atoms with Gasteiger partial charge in [-0.1, -0.05) is 29.8 Å². The number of amides is 1. The number of aromatic nitrogens is 2. The molecule has 0 bridgehead atoms. The molecule has 154 valence electrons. The first-order valence-corrected chi connectivity index (χ1v) is 11.1. The molecule has 2 aromatic heterocycles. The van der Waals surface area contributed by atoms with Crippen molar-refractivity contribution < 1.29 is 4.79 Å². The highest BCUT2D eigenvalue weighted by Crippen LogP contribution is 2.37. The third kappa shape index (κ3) is 2.92. The predicted molar refractivity (Wildman–Crippen MR) is 124 cm³/mol. The van der Waals surface area contributed by atoms with Crippen LogP contribution in [0.3, 0.4) is 0 Å². The Labute approximate surface area is 182 Å². The van der Waals surface area contributed by atoms with Gasteiger partial charge in [-0.2, -0.15) is 0 Å². The van der Waals surface area contributed by atoms with Crippen molar-refractivity contribution in [3.8, 4) is 0 Å². The summed E-state index contributed by atoms with van der Waals surface area (Å²) in [6.07, 6.45) is 2.22. The standard InChI is InChI=1S/C22H21ClN4O2S/c1-25-16-11-14(15(27-9-5-6-10-27)12-17(16)26(2)22(25)29)24-21(28)20-19(23)13-7-3-4-8-18(13)30-20/h3-4,7-8,11-12H,5-6,9-10H2,1-2H3,(H,24,28). The minimum Gasteiger partial charge on any atom is -0.370 e. The number of nitrogens with one attached hydrogen (secondary N) is 1. The molecule has 0 radical (unpaired) electrons. The maximum atomic E-state index is 13.2. The third-order valence-corrected chi connectivity index (χ3v) is 7.50. The minimum absolute atomic E-state index is 0.0894. The van der Waals surface area contributed by atoms with E-state index in [0.29, 0.717) is 15.6 Å². The van der Waals surface area contributed by atoms with E-state index in [4.69, 9.17) is 11.6 Å². The van der Waals surface area contributed by atoms with E-state index in [0.717, 1.165) is 52.7 Å². The molecule has 1 saturated heterocycles. The molecule has 3 heterocycles. The van der Waals surface area contributed by atoms with Gasteiger partial charge in [0.1, 0.15) is 4.88 Å². The number of anilines is 2. The quantitative estimate of drug-likeness (QED) is 0.506. The average Bonchev–Trinajstić information content (AvgIpc) is 3.44. The Morgan fingerprint density at radius 2 is 1.73 bits per heavy atom. The molecule has 1 amide bonds. The Bertz CT molecular complexity index is 1360. The summed E-state index contributed by atoms with van der Waals surface area (Å²) < 4.78 is 4.22. The molecule has 1 aliphatic rings. The molecular weight excluding hydrogens is 420 g/mol. The summed E-state index contributed by atoms with van der Waals surface area (Å²) in [4.78, 5) is 28.4. The van der Waals surface area contributed by atoms with Gasteiger partial charge in [0.25, 0.3) is 5.91 Å². The van der Waals surface area contributed by atoms with Crippen LogP contribution >= 0.6 is 22.9 Å². The Morgan fingerprint density at radius 1 is 1.07 bits per heavy atom. The molecule has 0 saturated carbocycles. The molecule has 1 fully saturated rings. The molecule has 1 aliphatic heterocycles. The van der Waals surface area contributed by atoms with Crippen molar-refractivity contribution in [1.29, 1.82) is 0 Å². The minimum atomic E-state index is -0.234. The number of hydrogen-bond donors (Lipinski definition) is 1. The Morgan fingerprint density at radius 3 is 2.43 bits per heavy atom. The van der Waals surface area contributed by atoms with Gasteiger partial charge in [0.05, 0.1) is 27.4 Å². The lowest BCUT2D eigenvalue weighted by molar-refractivity contribution is 0.103. The van der Waals surface area contributed by atoms with Gasteiger partial charge in [-0.15, -0.1) is 11.3 Å². The lowest BCUT2D eigenvalue weighted by atomic mass is 10.2. The fraction of sp³-hybridized carbons (Fsp3) is 0.273. The first-order chi connectivity index (χ1) is 14.5. The maximum absolute atomic E-state index is 13.2. The first-order valence-electron chi connectivity index (χ1n) is 9.88. The van der Waals surface area contributed by atoms with Crippen LogP contribution in [0.25, 0.3) is 21.1 Å². The van der Waals surface area contributed by atoms with Gasteiger partial charge in [-0.3, -0.25) is 13.9 Å². The van der Waals surface area contributed by atoms with Crippen LogP contribution < -0.4 is 15.9 Å². The molecule has 6 nitrogen and oxygen atoms in total. The van der Waals surface area contributed by atoms with Gasteiger partial charge in [0.2, 0.25) is 0 Å². The van der Waals surface area contributed by atoms with Crippen LogP contribution in [-0.2, 0) is 14.1 Å². The monoisotopic (exact) mass is 440 g/mol. The lowest BCUT2D eigenvalue weighted by Gasteiger charge is -2.22. The number of carbonyl (C=O) groups excluding carboxylic acids is 1. The highest BCUT2D eigenvalue weighted by Gasteiger charge is 2.23. The highest BCUT2D eigenvalue weighted by molar-refractivity contribution is 7.21. The van der Waals surface area contributed by atoms with E-state index in [1.807, 2.05) is 36.4 Å². The van der Waals surface area contributed by atoms with E-state index < -0.39 is 0 Å². The number of halogens is 1. The molecule has 8 heteroatoms.